The Kier molecular flexibility index (Phi) is 4.10. The van der Waals surface area contributed by atoms with Crippen molar-refractivity contribution in [2.24, 2.45) is 0 Å². The first kappa shape index (κ1) is 13.7. The average Bonchev–Trinajstić information content (AvgIpc) is 2.94. The summed E-state index contributed by atoms with van der Waals surface area (Å²) in [6.45, 7) is 3.35. The van der Waals surface area contributed by atoms with Crippen LogP contribution in [0.5, 0.6) is 11.5 Å². The van der Waals surface area contributed by atoms with Crippen molar-refractivity contribution in [3.8, 4) is 11.5 Å². The first-order valence-corrected chi connectivity index (χ1v) is 7.26. The number of benzene rings is 1. The molecule has 1 aromatic carbocycles. The molecule has 0 radical (unpaired) electrons. The molecule has 110 valence electrons. The van der Waals surface area contributed by atoms with Crippen molar-refractivity contribution in [3.63, 3.8) is 0 Å². The molecule has 0 aliphatic carbocycles. The Morgan fingerprint density at radius 2 is 2.00 bits per heavy atom. The fourth-order valence-corrected chi connectivity index (χ4v) is 2.97. The minimum Gasteiger partial charge on any atom is -0.454 e. The van der Waals surface area contributed by atoms with Crippen LogP contribution >= 0.6 is 0 Å². The number of rotatable bonds is 5. The topological polar surface area (TPSA) is 62.8 Å². The fraction of sp³-hybridized carbons (Fsp3) is 0.600. The Labute approximate surface area is 119 Å². The van der Waals surface area contributed by atoms with Gasteiger partial charge in [0.2, 0.25) is 6.79 Å². The van der Waals surface area contributed by atoms with Crippen molar-refractivity contribution in [2.75, 3.05) is 26.5 Å². The van der Waals surface area contributed by atoms with Gasteiger partial charge in [-0.15, -0.1) is 0 Å². The van der Waals surface area contributed by atoms with Gasteiger partial charge in [-0.2, -0.15) is 0 Å². The molecule has 5 heteroatoms. The largest absolute Gasteiger partial charge is 0.454 e. The molecule has 0 aromatic heterocycles. The van der Waals surface area contributed by atoms with Crippen molar-refractivity contribution < 1.29 is 14.6 Å². The van der Waals surface area contributed by atoms with E-state index in [1.54, 1.807) is 0 Å². The van der Waals surface area contributed by atoms with E-state index in [0.717, 1.165) is 50.4 Å². The standard InChI is InChI=1S/C15H22N2O3/c18-8-5-15(3-6-16-7-4-15)17-10-12-1-2-13-14(9-12)20-11-19-13/h1-2,9,16-18H,3-8,10-11H2. The van der Waals surface area contributed by atoms with Gasteiger partial charge in [0, 0.05) is 18.7 Å². The summed E-state index contributed by atoms with van der Waals surface area (Å²) in [5.74, 6) is 1.64. The molecule has 2 heterocycles. The zero-order valence-corrected chi connectivity index (χ0v) is 11.7. The average molecular weight is 278 g/mol. The fourth-order valence-electron chi connectivity index (χ4n) is 2.97. The van der Waals surface area contributed by atoms with Crippen molar-refractivity contribution in [2.45, 2.75) is 31.3 Å². The molecule has 0 bridgehead atoms. The van der Waals surface area contributed by atoms with Gasteiger partial charge in [0.15, 0.2) is 11.5 Å². The molecule has 0 spiro atoms. The Bertz CT molecular complexity index is 453. The Hall–Kier alpha value is -1.30. The molecule has 0 saturated carbocycles. The van der Waals surface area contributed by atoms with Gasteiger partial charge in [-0.1, -0.05) is 6.07 Å². The van der Waals surface area contributed by atoms with Crippen LogP contribution in [0.4, 0.5) is 0 Å². The Morgan fingerprint density at radius 3 is 2.80 bits per heavy atom. The highest BCUT2D eigenvalue weighted by Gasteiger charge is 2.30. The predicted molar refractivity (Wildman–Crippen MR) is 75.9 cm³/mol. The first-order valence-electron chi connectivity index (χ1n) is 7.26. The van der Waals surface area contributed by atoms with Crippen LogP contribution in [-0.4, -0.2) is 37.1 Å². The number of nitrogens with one attached hydrogen (secondary N) is 2. The van der Waals surface area contributed by atoms with Gasteiger partial charge in [-0.05, 0) is 50.0 Å². The van der Waals surface area contributed by atoms with Crippen LogP contribution in [0.2, 0.25) is 0 Å². The zero-order chi connectivity index (χ0) is 13.8. The molecule has 1 saturated heterocycles. The van der Waals surface area contributed by atoms with Gasteiger partial charge >= 0.3 is 0 Å². The summed E-state index contributed by atoms with van der Waals surface area (Å²) in [7, 11) is 0. The molecule has 3 rings (SSSR count). The molecule has 1 aromatic rings. The Morgan fingerprint density at radius 1 is 1.20 bits per heavy atom. The molecule has 0 atom stereocenters. The van der Waals surface area contributed by atoms with Crippen molar-refractivity contribution in [1.82, 2.24) is 10.6 Å². The van der Waals surface area contributed by atoms with Gasteiger partial charge in [-0.25, -0.2) is 0 Å². The second-order valence-corrected chi connectivity index (χ2v) is 5.55. The van der Waals surface area contributed by atoms with E-state index in [1.807, 2.05) is 12.1 Å². The first-order chi connectivity index (χ1) is 9.81. The summed E-state index contributed by atoms with van der Waals surface area (Å²) >= 11 is 0. The number of aliphatic hydroxyl groups excluding tert-OH is 1. The summed E-state index contributed by atoms with van der Waals surface area (Å²) in [4.78, 5) is 0. The zero-order valence-electron chi connectivity index (χ0n) is 11.7. The minimum absolute atomic E-state index is 0.0520. The van der Waals surface area contributed by atoms with Crippen LogP contribution < -0.4 is 20.1 Å². The maximum absolute atomic E-state index is 9.31. The third-order valence-electron chi connectivity index (χ3n) is 4.26. The summed E-state index contributed by atoms with van der Waals surface area (Å²) in [6.07, 6.45) is 2.91. The highest BCUT2D eigenvalue weighted by Crippen LogP contribution is 2.32. The second-order valence-electron chi connectivity index (χ2n) is 5.55. The van der Waals surface area contributed by atoms with E-state index in [4.69, 9.17) is 9.47 Å². The molecule has 3 N–H and O–H groups in total. The lowest BCUT2D eigenvalue weighted by atomic mass is 9.85. The summed E-state index contributed by atoms with van der Waals surface area (Å²) in [6, 6.07) is 6.05. The highest BCUT2D eigenvalue weighted by molar-refractivity contribution is 5.44. The van der Waals surface area contributed by atoms with Gasteiger partial charge in [0.05, 0.1) is 0 Å². The molecule has 2 aliphatic rings. The van der Waals surface area contributed by atoms with E-state index in [1.165, 1.54) is 5.56 Å². The summed E-state index contributed by atoms with van der Waals surface area (Å²) in [5.41, 5.74) is 1.24. The predicted octanol–water partition coefficient (Wildman–Crippen LogP) is 1.01. The lowest BCUT2D eigenvalue weighted by molar-refractivity contribution is 0.170. The van der Waals surface area contributed by atoms with E-state index in [0.29, 0.717) is 6.79 Å². The number of aliphatic hydroxyl groups is 1. The molecule has 1 fully saturated rings. The molecule has 0 amide bonds. The third kappa shape index (κ3) is 2.90. The molecule has 0 unspecified atom stereocenters. The minimum atomic E-state index is 0.0520. The van der Waals surface area contributed by atoms with Gasteiger partial charge in [0.1, 0.15) is 0 Å². The van der Waals surface area contributed by atoms with Crippen LogP contribution in [-0.2, 0) is 6.54 Å². The molecular weight excluding hydrogens is 256 g/mol. The SMILES string of the molecule is OCCC1(NCc2ccc3c(c2)OCO3)CCNCC1. The number of hydrogen-bond acceptors (Lipinski definition) is 5. The number of hydrogen-bond donors (Lipinski definition) is 3. The second kappa shape index (κ2) is 5.99. The van der Waals surface area contributed by atoms with Crippen LogP contribution in [0.1, 0.15) is 24.8 Å². The third-order valence-corrected chi connectivity index (χ3v) is 4.26. The normalized spacial score (nSPS) is 20.1. The number of ether oxygens (including phenoxy) is 2. The van der Waals surface area contributed by atoms with E-state index in [2.05, 4.69) is 16.7 Å². The van der Waals surface area contributed by atoms with Gasteiger partial charge in [0.25, 0.3) is 0 Å². The van der Waals surface area contributed by atoms with E-state index < -0.39 is 0 Å². The lowest BCUT2D eigenvalue weighted by Crippen LogP contribution is -2.52. The molecular formula is C15H22N2O3. The maximum Gasteiger partial charge on any atom is 0.231 e. The monoisotopic (exact) mass is 278 g/mol. The van der Waals surface area contributed by atoms with E-state index >= 15 is 0 Å². The van der Waals surface area contributed by atoms with Gasteiger partial charge < -0.3 is 25.2 Å². The molecule has 2 aliphatic heterocycles. The quantitative estimate of drug-likeness (QED) is 0.750. The lowest BCUT2D eigenvalue weighted by Gasteiger charge is -2.38. The highest BCUT2D eigenvalue weighted by atomic mass is 16.7. The summed E-state index contributed by atoms with van der Waals surface area (Å²) in [5, 5.41) is 16.3. The maximum atomic E-state index is 9.31. The molecule has 20 heavy (non-hydrogen) atoms. The van der Waals surface area contributed by atoms with Gasteiger partial charge in [-0.3, -0.25) is 0 Å². The van der Waals surface area contributed by atoms with Crippen molar-refractivity contribution in [1.29, 1.82) is 0 Å². The van der Waals surface area contributed by atoms with Crippen LogP contribution in [0.3, 0.4) is 0 Å². The summed E-state index contributed by atoms with van der Waals surface area (Å²) < 4.78 is 10.7. The van der Waals surface area contributed by atoms with Crippen molar-refractivity contribution in [3.05, 3.63) is 23.8 Å². The van der Waals surface area contributed by atoms with Crippen molar-refractivity contribution >= 4 is 0 Å². The van der Waals surface area contributed by atoms with Crippen LogP contribution in [0.15, 0.2) is 18.2 Å². The van der Waals surface area contributed by atoms with E-state index in [9.17, 15) is 5.11 Å². The molecule has 5 nitrogen and oxygen atoms in total. The van der Waals surface area contributed by atoms with E-state index in [-0.39, 0.29) is 12.1 Å². The van der Waals surface area contributed by atoms with Crippen LogP contribution in [0.25, 0.3) is 0 Å². The smallest absolute Gasteiger partial charge is 0.231 e. The number of piperidine rings is 1. The van der Waals surface area contributed by atoms with Crippen LogP contribution in [0, 0.1) is 0 Å². The number of fused-ring (bicyclic) bond motifs is 1. The Balaban J connectivity index is 1.64.